The zero-order valence-electron chi connectivity index (χ0n) is 19.5. The number of esters is 1. The Morgan fingerprint density at radius 1 is 0.686 bits per heavy atom. The highest BCUT2D eigenvalue weighted by atomic mass is 31.2. The smallest absolute Gasteiger partial charge is 0.358 e. The van der Waals surface area contributed by atoms with E-state index in [0.29, 0.717) is 5.56 Å². The molecule has 4 aromatic rings. The number of rotatable bonds is 8. The van der Waals surface area contributed by atoms with Gasteiger partial charge >= 0.3 is 5.97 Å². The Morgan fingerprint density at radius 2 is 1.09 bits per heavy atom. The van der Waals surface area contributed by atoms with Crippen molar-refractivity contribution >= 4 is 35.1 Å². The molecule has 0 fully saturated rings. The van der Waals surface area contributed by atoms with Crippen molar-refractivity contribution in [3.05, 3.63) is 138 Å². The summed E-state index contributed by atoms with van der Waals surface area (Å²) >= 11 is 0. The van der Waals surface area contributed by atoms with Crippen LogP contribution in [-0.2, 0) is 9.53 Å². The molecule has 0 atom stereocenters. The van der Waals surface area contributed by atoms with Crippen LogP contribution in [0.25, 0.3) is 0 Å². The van der Waals surface area contributed by atoms with Crippen LogP contribution >= 0.6 is 7.26 Å². The van der Waals surface area contributed by atoms with Crippen LogP contribution in [0.15, 0.2) is 133 Å². The molecule has 1 amide bonds. The normalized spacial score (nSPS) is 11.5. The highest BCUT2D eigenvalue weighted by Gasteiger charge is 2.45. The van der Waals surface area contributed by atoms with Gasteiger partial charge in [-0.1, -0.05) is 72.8 Å². The fourth-order valence-electron chi connectivity index (χ4n) is 3.98. The van der Waals surface area contributed by atoms with Crippen LogP contribution in [0.5, 0.6) is 0 Å². The molecule has 0 bridgehead atoms. The summed E-state index contributed by atoms with van der Waals surface area (Å²) in [6.07, 6.45) is 0. The summed E-state index contributed by atoms with van der Waals surface area (Å²) < 4.78 is 5.39. The SMILES string of the molecule is CCOC(=O)/C(=C/[P+](c1ccccc1)(c1ccccc1)c1ccccc1)NC(=O)c1ccccc1. The number of hydrogen-bond acceptors (Lipinski definition) is 3. The second-order valence-corrected chi connectivity index (χ2v) is 11.1. The van der Waals surface area contributed by atoms with Crippen molar-refractivity contribution < 1.29 is 14.3 Å². The van der Waals surface area contributed by atoms with Crippen molar-refractivity contribution in [3.8, 4) is 0 Å². The van der Waals surface area contributed by atoms with Gasteiger partial charge in [0.25, 0.3) is 5.91 Å². The van der Waals surface area contributed by atoms with Crippen LogP contribution < -0.4 is 21.2 Å². The van der Waals surface area contributed by atoms with Gasteiger partial charge in [0.15, 0.2) is 5.70 Å². The van der Waals surface area contributed by atoms with Crippen LogP contribution in [-0.4, -0.2) is 18.5 Å². The van der Waals surface area contributed by atoms with Crippen molar-refractivity contribution in [2.75, 3.05) is 6.61 Å². The monoisotopic (exact) mass is 480 g/mol. The standard InChI is InChI=1S/C30H26NO3P/c1-2-34-30(33)28(31-29(32)24-15-7-3-8-16-24)23-35(25-17-9-4-10-18-25,26-19-11-5-12-20-26)27-21-13-6-14-22-27/h3-23H,2H2,1H3/p+1/b28-23-. The Bertz CT molecular complexity index is 1190. The number of carbonyl (C=O) groups excluding carboxylic acids is 2. The number of ether oxygens (including phenoxy) is 1. The van der Waals surface area contributed by atoms with E-state index in [9.17, 15) is 9.59 Å². The van der Waals surface area contributed by atoms with E-state index in [2.05, 4.69) is 41.7 Å². The van der Waals surface area contributed by atoms with Crippen molar-refractivity contribution in [2.45, 2.75) is 6.92 Å². The Balaban J connectivity index is 1.97. The lowest BCUT2D eigenvalue weighted by Gasteiger charge is -2.25. The fraction of sp³-hybridized carbons (Fsp3) is 0.0667. The lowest BCUT2D eigenvalue weighted by molar-refractivity contribution is -0.138. The van der Waals surface area contributed by atoms with E-state index in [1.165, 1.54) is 0 Å². The Labute approximate surface area is 206 Å². The molecule has 0 aliphatic rings. The predicted octanol–water partition coefficient (Wildman–Crippen LogP) is 4.82. The van der Waals surface area contributed by atoms with Gasteiger partial charge in [0.05, 0.1) is 6.61 Å². The lowest BCUT2D eigenvalue weighted by Crippen LogP contribution is -2.34. The molecule has 4 nitrogen and oxygen atoms in total. The van der Waals surface area contributed by atoms with Crippen LogP contribution in [0.1, 0.15) is 17.3 Å². The van der Waals surface area contributed by atoms with E-state index in [0.717, 1.165) is 15.9 Å². The highest BCUT2D eigenvalue weighted by molar-refractivity contribution is 7.98. The third kappa shape index (κ3) is 5.40. The molecule has 0 unspecified atom stereocenters. The van der Waals surface area contributed by atoms with Crippen LogP contribution in [0, 0.1) is 0 Å². The first-order valence-electron chi connectivity index (χ1n) is 11.5. The number of amides is 1. The van der Waals surface area contributed by atoms with Crippen LogP contribution in [0.2, 0.25) is 0 Å². The highest BCUT2D eigenvalue weighted by Crippen LogP contribution is 2.57. The molecule has 0 spiro atoms. The zero-order valence-corrected chi connectivity index (χ0v) is 20.4. The molecule has 5 heteroatoms. The second-order valence-electron chi connectivity index (χ2n) is 7.81. The predicted molar refractivity (Wildman–Crippen MR) is 144 cm³/mol. The summed E-state index contributed by atoms with van der Waals surface area (Å²) in [5.74, 6) is 0.993. The Hall–Kier alpha value is -4.01. The quantitative estimate of drug-likeness (QED) is 0.224. The molecule has 4 aromatic carbocycles. The molecular formula is C30H27NO3P+. The average molecular weight is 481 g/mol. The van der Waals surface area contributed by atoms with Gasteiger partial charge in [0, 0.05) is 5.56 Å². The van der Waals surface area contributed by atoms with E-state index in [1.54, 1.807) is 31.2 Å². The molecule has 174 valence electrons. The van der Waals surface area contributed by atoms with E-state index < -0.39 is 13.2 Å². The molecule has 0 aromatic heterocycles. The zero-order chi connectivity index (χ0) is 24.5. The van der Waals surface area contributed by atoms with Crippen LogP contribution in [0.4, 0.5) is 0 Å². The largest absolute Gasteiger partial charge is 0.461 e. The third-order valence-electron chi connectivity index (χ3n) is 5.59. The van der Waals surface area contributed by atoms with E-state index >= 15 is 0 Å². The number of carbonyl (C=O) groups is 2. The van der Waals surface area contributed by atoms with Crippen molar-refractivity contribution in [3.63, 3.8) is 0 Å². The van der Waals surface area contributed by atoms with Crippen LogP contribution in [0.3, 0.4) is 0 Å². The number of nitrogens with one attached hydrogen (secondary N) is 1. The van der Waals surface area contributed by atoms with E-state index in [1.807, 2.05) is 66.5 Å². The summed E-state index contributed by atoms with van der Waals surface area (Å²) in [4.78, 5) is 26.3. The average Bonchev–Trinajstić information content (AvgIpc) is 2.93. The van der Waals surface area contributed by atoms with Gasteiger partial charge in [-0.25, -0.2) is 4.79 Å². The number of benzene rings is 4. The molecule has 35 heavy (non-hydrogen) atoms. The van der Waals surface area contributed by atoms with Gasteiger partial charge in [-0.3, -0.25) is 4.79 Å². The summed E-state index contributed by atoms with van der Waals surface area (Å²) in [7, 11) is -2.51. The molecular weight excluding hydrogens is 453 g/mol. The molecule has 0 aliphatic heterocycles. The maximum atomic E-state index is 13.2. The van der Waals surface area contributed by atoms with Gasteiger partial charge in [0.2, 0.25) is 0 Å². The molecule has 0 heterocycles. The first kappa shape index (κ1) is 24.1. The van der Waals surface area contributed by atoms with E-state index in [-0.39, 0.29) is 18.2 Å². The van der Waals surface area contributed by atoms with Crippen molar-refractivity contribution in [2.24, 2.45) is 0 Å². The van der Waals surface area contributed by atoms with Gasteiger partial charge in [-0.15, -0.1) is 0 Å². The Morgan fingerprint density at radius 3 is 1.49 bits per heavy atom. The molecule has 0 saturated carbocycles. The molecule has 0 radical (unpaired) electrons. The summed E-state index contributed by atoms with van der Waals surface area (Å²) in [5, 5.41) is 6.05. The lowest BCUT2D eigenvalue weighted by atomic mass is 10.2. The third-order valence-corrected chi connectivity index (χ3v) is 9.58. The topological polar surface area (TPSA) is 55.4 Å². The number of hydrogen-bond donors (Lipinski definition) is 1. The van der Waals surface area contributed by atoms with Gasteiger partial charge in [-0.05, 0) is 55.5 Å². The molecule has 4 rings (SSSR count). The van der Waals surface area contributed by atoms with Gasteiger partial charge < -0.3 is 10.1 Å². The van der Waals surface area contributed by atoms with Crippen molar-refractivity contribution in [1.29, 1.82) is 0 Å². The maximum absolute atomic E-state index is 13.2. The minimum atomic E-state index is -2.51. The second kappa shape index (κ2) is 11.4. The summed E-state index contributed by atoms with van der Waals surface area (Å²) in [6.45, 7) is 1.95. The van der Waals surface area contributed by atoms with Crippen molar-refractivity contribution in [1.82, 2.24) is 5.32 Å². The summed E-state index contributed by atoms with van der Waals surface area (Å²) in [5.41, 5.74) is 0.594. The summed E-state index contributed by atoms with van der Waals surface area (Å²) in [6, 6.07) is 39.2. The molecule has 0 aliphatic carbocycles. The minimum absolute atomic E-state index is 0.130. The molecule has 1 N–H and O–H groups in total. The Kier molecular flexibility index (Phi) is 7.87. The maximum Gasteiger partial charge on any atom is 0.358 e. The first-order valence-corrected chi connectivity index (χ1v) is 13.3. The first-order chi connectivity index (χ1) is 17.1. The fourth-order valence-corrected chi connectivity index (χ4v) is 7.81. The van der Waals surface area contributed by atoms with Gasteiger partial charge in [0.1, 0.15) is 29.0 Å². The van der Waals surface area contributed by atoms with E-state index in [4.69, 9.17) is 4.74 Å². The van der Waals surface area contributed by atoms with Gasteiger partial charge in [-0.2, -0.15) is 0 Å². The molecule has 0 saturated heterocycles. The minimum Gasteiger partial charge on any atom is -0.461 e.